The van der Waals surface area contributed by atoms with Crippen molar-refractivity contribution in [1.29, 1.82) is 0 Å². The second kappa shape index (κ2) is 11.1. The van der Waals surface area contributed by atoms with E-state index >= 15 is 0 Å². The number of imidazole rings is 2. The molecule has 39 heavy (non-hydrogen) atoms. The summed E-state index contributed by atoms with van der Waals surface area (Å²) in [7, 11) is 0. The smallest absolute Gasteiger partial charge is 0.167 e. The van der Waals surface area contributed by atoms with Crippen LogP contribution in [0.1, 0.15) is 64.1 Å². The van der Waals surface area contributed by atoms with E-state index in [1.54, 1.807) is 4.57 Å². The third kappa shape index (κ3) is 5.46. The Hall–Kier alpha value is -3.19. The molecule has 1 aromatic carbocycles. The van der Waals surface area contributed by atoms with Crippen molar-refractivity contribution in [1.82, 2.24) is 34.4 Å². The SMILES string of the molecule is CC(C)c1cc2[nH]c(CCCCN(CC3OC(n4cnc5c(N)ncnc54)C(O)C3O)C(C)C)nc2cc1F. The largest absolute Gasteiger partial charge is 0.387 e. The highest BCUT2D eigenvalue weighted by Crippen LogP contribution is 2.32. The Bertz CT molecular complexity index is 1440. The van der Waals surface area contributed by atoms with Crippen molar-refractivity contribution in [2.45, 2.75) is 83.5 Å². The maximum absolute atomic E-state index is 14.3. The average molecular weight is 541 g/mol. The Morgan fingerprint density at radius 1 is 1.13 bits per heavy atom. The molecule has 0 aliphatic carbocycles. The van der Waals surface area contributed by atoms with Crippen LogP contribution in [0.25, 0.3) is 22.2 Å². The molecule has 0 saturated carbocycles. The van der Waals surface area contributed by atoms with Gasteiger partial charge in [-0.05, 0) is 50.8 Å². The number of ether oxygens (including phenoxy) is 1. The summed E-state index contributed by atoms with van der Waals surface area (Å²) < 4.78 is 22.1. The Morgan fingerprint density at radius 3 is 2.67 bits per heavy atom. The third-order valence-electron chi connectivity index (χ3n) is 7.52. The van der Waals surface area contributed by atoms with E-state index in [1.807, 2.05) is 19.9 Å². The van der Waals surface area contributed by atoms with E-state index in [0.717, 1.165) is 37.1 Å². The summed E-state index contributed by atoms with van der Waals surface area (Å²) in [5.74, 6) is 0.975. The highest BCUT2D eigenvalue weighted by atomic mass is 19.1. The molecule has 0 bridgehead atoms. The molecule has 4 unspecified atom stereocenters. The number of H-pyrrole nitrogens is 1. The van der Waals surface area contributed by atoms with E-state index in [1.165, 1.54) is 18.7 Å². The van der Waals surface area contributed by atoms with Gasteiger partial charge in [-0.2, -0.15) is 0 Å². The summed E-state index contributed by atoms with van der Waals surface area (Å²) in [6.45, 7) is 9.39. The summed E-state index contributed by atoms with van der Waals surface area (Å²) in [6, 6.07) is 3.58. The standard InChI is InChI=1S/C27H37FN8O3/c1-14(2)16-9-18-19(10-17(16)28)34-21(33-18)7-5-6-8-35(15(3)4)11-20-23(37)24(38)27(39-20)36-13-32-22-25(29)30-12-31-26(22)36/h9-10,12-15,20,23-24,27,37-38H,5-8,11H2,1-4H3,(H,33,34)(H2,29,30,31). The second-order valence-electron chi connectivity index (χ2n) is 10.9. The average Bonchev–Trinajstić information content (AvgIpc) is 3.57. The molecule has 4 aromatic rings. The molecule has 0 radical (unpaired) electrons. The topological polar surface area (TPSA) is 151 Å². The van der Waals surface area contributed by atoms with Gasteiger partial charge in [0.2, 0.25) is 0 Å². The van der Waals surface area contributed by atoms with Gasteiger partial charge in [0.25, 0.3) is 0 Å². The number of nitrogens with one attached hydrogen (secondary N) is 1. The van der Waals surface area contributed by atoms with Crippen LogP contribution in [0.3, 0.4) is 0 Å². The van der Waals surface area contributed by atoms with Crippen LogP contribution in [-0.2, 0) is 11.2 Å². The van der Waals surface area contributed by atoms with Crippen LogP contribution in [-0.4, -0.2) is 82.0 Å². The van der Waals surface area contributed by atoms with Crippen LogP contribution in [0.5, 0.6) is 0 Å². The number of aromatic amines is 1. The number of aliphatic hydroxyl groups is 2. The van der Waals surface area contributed by atoms with Gasteiger partial charge in [0.1, 0.15) is 41.8 Å². The molecular formula is C27H37FN8O3. The van der Waals surface area contributed by atoms with Crippen molar-refractivity contribution in [2.24, 2.45) is 0 Å². The molecule has 1 fully saturated rings. The number of unbranched alkanes of at least 4 members (excludes halogenated alkanes) is 1. The molecule has 1 saturated heterocycles. The molecule has 0 amide bonds. The van der Waals surface area contributed by atoms with Crippen molar-refractivity contribution in [3.63, 3.8) is 0 Å². The van der Waals surface area contributed by atoms with Gasteiger partial charge in [0, 0.05) is 25.1 Å². The Balaban J connectivity index is 1.18. The van der Waals surface area contributed by atoms with Crippen molar-refractivity contribution >= 4 is 28.0 Å². The minimum Gasteiger partial charge on any atom is -0.387 e. The van der Waals surface area contributed by atoms with Crippen LogP contribution in [0, 0.1) is 5.82 Å². The number of aromatic nitrogens is 6. The molecule has 12 heteroatoms. The van der Waals surface area contributed by atoms with E-state index in [4.69, 9.17) is 10.5 Å². The van der Waals surface area contributed by atoms with E-state index < -0.39 is 24.5 Å². The quantitative estimate of drug-likeness (QED) is 0.223. The fourth-order valence-electron chi connectivity index (χ4n) is 5.23. The number of benzene rings is 1. The zero-order valence-electron chi connectivity index (χ0n) is 22.8. The van der Waals surface area contributed by atoms with Gasteiger partial charge in [-0.15, -0.1) is 0 Å². The maximum atomic E-state index is 14.3. The monoisotopic (exact) mass is 540 g/mol. The Morgan fingerprint density at radius 2 is 1.92 bits per heavy atom. The van der Waals surface area contributed by atoms with Crippen molar-refractivity contribution in [3.8, 4) is 0 Å². The summed E-state index contributed by atoms with van der Waals surface area (Å²) >= 11 is 0. The lowest BCUT2D eigenvalue weighted by Gasteiger charge is -2.30. The number of anilines is 1. The molecule has 4 atom stereocenters. The highest BCUT2D eigenvalue weighted by Gasteiger charge is 2.45. The number of rotatable bonds is 10. The van der Waals surface area contributed by atoms with Gasteiger partial charge < -0.3 is 25.7 Å². The van der Waals surface area contributed by atoms with Crippen LogP contribution in [0.2, 0.25) is 0 Å². The number of nitrogen functional groups attached to an aromatic ring is 1. The maximum Gasteiger partial charge on any atom is 0.167 e. The van der Waals surface area contributed by atoms with Gasteiger partial charge in [-0.3, -0.25) is 9.47 Å². The fraction of sp³-hybridized carbons (Fsp3) is 0.556. The predicted octanol–water partition coefficient (Wildman–Crippen LogP) is 2.90. The summed E-state index contributed by atoms with van der Waals surface area (Å²) in [5, 5.41) is 21.6. The molecule has 0 spiro atoms. The first kappa shape index (κ1) is 27.4. The lowest BCUT2D eigenvalue weighted by Crippen LogP contribution is -2.43. The molecule has 5 N–H and O–H groups in total. The number of hydrogen-bond acceptors (Lipinski definition) is 9. The minimum atomic E-state index is -1.15. The molecule has 3 aromatic heterocycles. The zero-order valence-corrected chi connectivity index (χ0v) is 22.8. The molecule has 1 aliphatic rings. The number of halogens is 1. The summed E-state index contributed by atoms with van der Waals surface area (Å²) in [4.78, 5) is 22.6. The number of aryl methyl sites for hydroxylation is 1. The number of nitrogens with two attached hydrogens (primary N) is 1. The molecule has 11 nitrogen and oxygen atoms in total. The molecule has 4 heterocycles. The highest BCUT2D eigenvalue weighted by molar-refractivity contribution is 5.81. The van der Waals surface area contributed by atoms with Crippen LogP contribution < -0.4 is 5.73 Å². The first-order valence-corrected chi connectivity index (χ1v) is 13.5. The second-order valence-corrected chi connectivity index (χ2v) is 10.9. The van der Waals surface area contributed by atoms with Gasteiger partial charge in [-0.25, -0.2) is 24.3 Å². The van der Waals surface area contributed by atoms with Crippen LogP contribution in [0.4, 0.5) is 10.2 Å². The minimum absolute atomic E-state index is 0.106. The lowest BCUT2D eigenvalue weighted by molar-refractivity contribution is -0.0469. The van der Waals surface area contributed by atoms with Crippen molar-refractivity contribution in [3.05, 3.63) is 42.0 Å². The number of nitrogens with zero attached hydrogens (tertiary/aromatic N) is 6. The lowest BCUT2D eigenvalue weighted by atomic mass is 10.0. The third-order valence-corrected chi connectivity index (χ3v) is 7.52. The van der Waals surface area contributed by atoms with E-state index in [-0.39, 0.29) is 23.6 Å². The van der Waals surface area contributed by atoms with Crippen molar-refractivity contribution < 1.29 is 19.3 Å². The Labute approximate surface area is 226 Å². The first-order chi connectivity index (χ1) is 18.6. The van der Waals surface area contributed by atoms with Crippen molar-refractivity contribution in [2.75, 3.05) is 18.8 Å². The summed E-state index contributed by atoms with van der Waals surface area (Å²) in [6.07, 6.45) is 1.72. The van der Waals surface area contributed by atoms with Gasteiger partial charge >= 0.3 is 0 Å². The fourth-order valence-corrected chi connectivity index (χ4v) is 5.23. The van der Waals surface area contributed by atoms with Crippen LogP contribution in [0.15, 0.2) is 24.8 Å². The summed E-state index contributed by atoms with van der Waals surface area (Å²) in [5.41, 5.74) is 8.94. The zero-order chi connectivity index (χ0) is 27.8. The predicted molar refractivity (Wildman–Crippen MR) is 145 cm³/mol. The number of fused-ring (bicyclic) bond motifs is 2. The number of hydrogen-bond donors (Lipinski definition) is 4. The molecular weight excluding hydrogens is 503 g/mol. The van der Waals surface area contributed by atoms with E-state index in [9.17, 15) is 14.6 Å². The molecule has 1 aliphatic heterocycles. The number of aliphatic hydroxyl groups excluding tert-OH is 2. The van der Waals surface area contributed by atoms with E-state index in [2.05, 4.69) is 43.7 Å². The molecule has 210 valence electrons. The molecule has 5 rings (SSSR count). The van der Waals surface area contributed by atoms with E-state index in [0.29, 0.717) is 28.8 Å². The van der Waals surface area contributed by atoms with Crippen LogP contribution >= 0.6 is 0 Å². The Kier molecular flexibility index (Phi) is 7.81. The van der Waals surface area contributed by atoms with Gasteiger partial charge in [-0.1, -0.05) is 13.8 Å². The van der Waals surface area contributed by atoms with Gasteiger partial charge in [0.05, 0.1) is 17.4 Å². The normalized spacial score (nSPS) is 21.9. The van der Waals surface area contributed by atoms with Gasteiger partial charge in [0.15, 0.2) is 17.7 Å². The first-order valence-electron chi connectivity index (χ1n) is 13.5.